The van der Waals surface area contributed by atoms with Crippen molar-refractivity contribution in [3.63, 3.8) is 0 Å². The quantitative estimate of drug-likeness (QED) is 0.730. The van der Waals surface area contributed by atoms with Gasteiger partial charge in [-0.15, -0.1) is 0 Å². The molecule has 2 bridgehead atoms. The second kappa shape index (κ2) is 6.16. The lowest BCUT2D eigenvalue weighted by atomic mass is 9.53. The van der Waals surface area contributed by atoms with Crippen LogP contribution in [0.25, 0.3) is 0 Å². The highest BCUT2D eigenvalue weighted by Gasteiger charge is 2.61. The van der Waals surface area contributed by atoms with E-state index in [2.05, 4.69) is 39.0 Å². The van der Waals surface area contributed by atoms with Crippen molar-refractivity contribution in [3.05, 3.63) is 44.9 Å². The van der Waals surface area contributed by atoms with Crippen LogP contribution in [0.1, 0.15) is 37.3 Å². The Bertz CT molecular complexity index is 848. The van der Waals surface area contributed by atoms with Gasteiger partial charge >= 0.3 is 5.97 Å². The van der Waals surface area contributed by atoms with Crippen LogP contribution in [-0.2, 0) is 21.4 Å². The highest BCUT2D eigenvalue weighted by Crippen LogP contribution is 2.60. The van der Waals surface area contributed by atoms with Crippen LogP contribution in [0.4, 0.5) is 0 Å². The number of aliphatic hydroxyl groups excluding tert-OH is 1. The Morgan fingerprint density at radius 1 is 1.41 bits per heavy atom. The van der Waals surface area contributed by atoms with E-state index in [4.69, 9.17) is 4.74 Å². The van der Waals surface area contributed by atoms with E-state index >= 15 is 0 Å². The third-order valence-corrected chi connectivity index (χ3v) is 8.19. The lowest BCUT2D eigenvalue weighted by Crippen LogP contribution is -2.58. The molecule has 144 valence electrons. The predicted octanol–water partition coefficient (Wildman–Crippen LogP) is 3.21. The van der Waals surface area contributed by atoms with E-state index in [1.807, 2.05) is 6.92 Å². The lowest BCUT2D eigenvalue weighted by molar-refractivity contribution is -0.138. The van der Waals surface area contributed by atoms with E-state index in [0.29, 0.717) is 6.04 Å². The van der Waals surface area contributed by atoms with E-state index < -0.39 is 6.10 Å². The molecule has 2 fully saturated rings. The summed E-state index contributed by atoms with van der Waals surface area (Å²) < 4.78 is 6.38. The van der Waals surface area contributed by atoms with Crippen molar-refractivity contribution in [1.29, 1.82) is 0 Å². The first kappa shape index (κ1) is 17.9. The number of aryl methyl sites for hydroxylation is 1. The third kappa shape index (κ3) is 2.31. The van der Waals surface area contributed by atoms with Crippen LogP contribution < -0.4 is 0 Å². The summed E-state index contributed by atoms with van der Waals surface area (Å²) in [6, 6.07) is 7.09. The highest BCUT2D eigenvalue weighted by molar-refractivity contribution is 9.10. The maximum absolute atomic E-state index is 13.0. The smallest absolute Gasteiger partial charge is 0.334 e. The molecule has 2 aliphatic carbocycles. The zero-order chi connectivity index (χ0) is 18.9. The number of ether oxygens (including phenoxy) is 1. The number of carbonyl (C=O) groups is 1. The van der Waals surface area contributed by atoms with Crippen molar-refractivity contribution in [1.82, 2.24) is 4.90 Å². The predicted molar refractivity (Wildman–Crippen MR) is 106 cm³/mol. The number of nitrogens with zero attached hydrogens (tertiary/aromatic N) is 1. The molecule has 5 atom stereocenters. The van der Waals surface area contributed by atoms with Gasteiger partial charge in [-0.25, -0.2) is 4.79 Å². The largest absolute Gasteiger partial charge is 0.466 e. The number of aliphatic hydroxyl groups is 1. The Labute approximate surface area is 168 Å². The van der Waals surface area contributed by atoms with Crippen LogP contribution in [0.3, 0.4) is 0 Å². The Morgan fingerprint density at radius 3 is 2.96 bits per heavy atom. The number of carbonyl (C=O) groups excluding carboxylic acids is 1. The van der Waals surface area contributed by atoms with Crippen molar-refractivity contribution >= 4 is 21.9 Å². The van der Waals surface area contributed by atoms with Crippen molar-refractivity contribution in [3.8, 4) is 0 Å². The summed E-state index contributed by atoms with van der Waals surface area (Å²) in [5.41, 5.74) is 4.94. The van der Waals surface area contributed by atoms with Crippen molar-refractivity contribution in [2.75, 3.05) is 20.2 Å². The Balaban J connectivity index is 1.78. The molecule has 4 aliphatic rings. The number of hydrogen-bond acceptors (Lipinski definition) is 4. The van der Waals surface area contributed by atoms with Crippen LogP contribution in [0.2, 0.25) is 0 Å². The molecule has 2 saturated heterocycles. The minimum absolute atomic E-state index is 0.0684. The fraction of sp³-hybridized carbons (Fsp3) is 0.591. The average Bonchev–Trinajstić information content (AvgIpc) is 3.06. The van der Waals surface area contributed by atoms with Gasteiger partial charge in [0.25, 0.3) is 0 Å². The molecule has 0 saturated carbocycles. The van der Waals surface area contributed by atoms with Crippen LogP contribution in [0.5, 0.6) is 0 Å². The zero-order valence-corrected chi connectivity index (χ0v) is 17.5. The number of benzene rings is 1. The minimum atomic E-state index is -0.422. The van der Waals surface area contributed by atoms with Gasteiger partial charge in [-0.2, -0.15) is 0 Å². The maximum Gasteiger partial charge on any atom is 0.334 e. The monoisotopic (exact) mass is 431 g/mol. The van der Waals surface area contributed by atoms with Crippen LogP contribution in [0, 0.1) is 11.8 Å². The number of methoxy groups -OCH3 is 1. The summed E-state index contributed by atoms with van der Waals surface area (Å²) in [5, 5.41) is 10.5. The van der Waals surface area contributed by atoms with E-state index in [0.717, 1.165) is 48.8 Å². The van der Waals surface area contributed by atoms with Crippen molar-refractivity contribution in [2.45, 2.75) is 50.2 Å². The van der Waals surface area contributed by atoms with Gasteiger partial charge in [0, 0.05) is 34.0 Å². The molecule has 1 aromatic rings. The summed E-state index contributed by atoms with van der Waals surface area (Å²) in [5.74, 6) is 0.0220. The van der Waals surface area contributed by atoms with Gasteiger partial charge in [-0.05, 0) is 73.9 Å². The number of esters is 1. The van der Waals surface area contributed by atoms with Gasteiger partial charge < -0.3 is 9.84 Å². The summed E-state index contributed by atoms with van der Waals surface area (Å²) in [7, 11) is 1.49. The topological polar surface area (TPSA) is 49.8 Å². The summed E-state index contributed by atoms with van der Waals surface area (Å²) in [6.07, 6.45) is 3.46. The van der Waals surface area contributed by atoms with E-state index in [1.165, 1.54) is 23.8 Å². The number of piperidine rings is 1. The zero-order valence-electron chi connectivity index (χ0n) is 15.9. The molecule has 5 rings (SSSR count). The molecular weight excluding hydrogens is 406 g/mol. The third-order valence-electron chi connectivity index (χ3n) is 7.70. The van der Waals surface area contributed by atoms with Crippen molar-refractivity contribution in [2.24, 2.45) is 11.8 Å². The van der Waals surface area contributed by atoms with Gasteiger partial charge in [0.2, 0.25) is 0 Å². The summed E-state index contributed by atoms with van der Waals surface area (Å²) in [6.45, 7) is 3.77. The SMILES string of the molecule is COC(=O)C1=C2CCc3ccc(Br)cc3[C@@]23CCN2CC([C@@H](C)O)C1C[C@H]23. The molecule has 2 heterocycles. The minimum Gasteiger partial charge on any atom is -0.466 e. The molecule has 1 N–H and O–H groups in total. The summed E-state index contributed by atoms with van der Waals surface area (Å²) >= 11 is 3.67. The molecule has 2 unspecified atom stereocenters. The number of rotatable bonds is 2. The normalized spacial score (nSPS) is 35.5. The lowest BCUT2D eigenvalue weighted by Gasteiger charge is -2.55. The van der Waals surface area contributed by atoms with Crippen LogP contribution in [-0.4, -0.2) is 48.3 Å². The fourth-order valence-corrected chi connectivity index (χ4v) is 6.99. The highest BCUT2D eigenvalue weighted by atomic mass is 79.9. The first-order chi connectivity index (χ1) is 13.0. The Kier molecular flexibility index (Phi) is 4.09. The maximum atomic E-state index is 13.0. The van der Waals surface area contributed by atoms with Gasteiger partial charge in [-0.1, -0.05) is 22.0 Å². The van der Waals surface area contributed by atoms with E-state index in [1.54, 1.807) is 0 Å². The molecule has 0 aromatic heterocycles. The fourth-order valence-electron chi connectivity index (χ4n) is 6.63. The number of fused-ring (bicyclic) bond motifs is 2. The summed E-state index contributed by atoms with van der Waals surface area (Å²) in [4.78, 5) is 15.5. The Morgan fingerprint density at radius 2 is 2.22 bits per heavy atom. The molecule has 2 aliphatic heterocycles. The number of halogens is 1. The first-order valence-corrected chi connectivity index (χ1v) is 10.8. The van der Waals surface area contributed by atoms with Gasteiger partial charge in [-0.3, -0.25) is 4.90 Å². The molecule has 1 spiro atoms. The molecule has 0 radical (unpaired) electrons. The van der Waals surface area contributed by atoms with Gasteiger partial charge in [0.15, 0.2) is 0 Å². The van der Waals surface area contributed by atoms with E-state index in [9.17, 15) is 9.90 Å². The average molecular weight is 432 g/mol. The van der Waals surface area contributed by atoms with Crippen molar-refractivity contribution < 1.29 is 14.6 Å². The number of hydrogen-bond donors (Lipinski definition) is 1. The Hall–Kier alpha value is -1.17. The van der Waals surface area contributed by atoms with E-state index in [-0.39, 0.29) is 23.2 Å². The molecule has 27 heavy (non-hydrogen) atoms. The standard InChI is InChI=1S/C22H26BrNO3/c1-12(25)16-11-24-8-7-22-17(6-4-13-3-5-14(23)9-18(13)22)20(21(26)27-2)15(16)10-19(22)24/h3,5,9,12,15-16,19,25H,4,6-8,10-11H2,1-2H3/t12-,15?,16?,19+,22-/m1/s1. The molecule has 4 nitrogen and oxygen atoms in total. The van der Waals surface area contributed by atoms with Gasteiger partial charge in [0.1, 0.15) is 0 Å². The molecule has 1 aromatic carbocycles. The second-order valence-corrected chi connectivity index (χ2v) is 9.58. The van der Waals surface area contributed by atoms with Gasteiger partial charge in [0.05, 0.1) is 13.2 Å². The molecule has 0 amide bonds. The first-order valence-electron chi connectivity index (χ1n) is 10.00. The molecular formula is C22H26BrNO3. The van der Waals surface area contributed by atoms with Crippen LogP contribution >= 0.6 is 15.9 Å². The second-order valence-electron chi connectivity index (χ2n) is 8.66. The molecule has 5 heteroatoms. The van der Waals surface area contributed by atoms with Crippen LogP contribution in [0.15, 0.2) is 33.8 Å².